The van der Waals surface area contributed by atoms with Crippen LogP contribution in [0.3, 0.4) is 0 Å². The first-order chi connectivity index (χ1) is 13.3. The summed E-state index contributed by atoms with van der Waals surface area (Å²) in [6.07, 6.45) is 4.16. The highest BCUT2D eigenvalue weighted by Gasteiger charge is 2.43. The minimum Gasteiger partial charge on any atom is -0.426 e. The van der Waals surface area contributed by atoms with Crippen molar-refractivity contribution in [2.45, 2.75) is 52.4 Å². The van der Waals surface area contributed by atoms with Crippen molar-refractivity contribution in [3.63, 3.8) is 0 Å². The lowest BCUT2D eigenvalue weighted by Crippen LogP contribution is -2.14. The molecule has 4 rings (SSSR count). The molecule has 0 heterocycles. The number of carbonyl (C=O) groups is 2. The van der Waals surface area contributed by atoms with Crippen LogP contribution in [0.1, 0.15) is 62.1 Å². The van der Waals surface area contributed by atoms with Crippen LogP contribution in [-0.4, -0.2) is 11.9 Å². The average molecular weight is 376 g/mol. The molecule has 2 atom stereocenters. The van der Waals surface area contributed by atoms with Gasteiger partial charge in [0.1, 0.15) is 11.5 Å². The molecule has 0 saturated carbocycles. The van der Waals surface area contributed by atoms with Crippen LogP contribution >= 0.6 is 0 Å². The van der Waals surface area contributed by atoms with Gasteiger partial charge in [0, 0.05) is 46.2 Å². The molecule has 0 N–H and O–H groups in total. The highest BCUT2D eigenvalue weighted by Crippen LogP contribution is 2.61. The van der Waals surface area contributed by atoms with Gasteiger partial charge in [0.15, 0.2) is 0 Å². The summed E-state index contributed by atoms with van der Waals surface area (Å²) < 4.78 is 11.6. The van der Waals surface area contributed by atoms with Crippen molar-refractivity contribution < 1.29 is 19.1 Å². The Morgan fingerprint density at radius 1 is 1.11 bits per heavy atom. The standard InChI is InChI=1S/C24H24O4/c1-6-15-10-16-11-18(15)21-20(16)23(27-14(5)25)19-9-13(4)7-8-17(19)22(21)28-24(26)12(2)3/h7-10,16,18H,2,6,11H2,1,3-5H3. The number of fused-ring (bicyclic) bond motifs is 6. The van der Waals surface area contributed by atoms with Crippen molar-refractivity contribution in [1.82, 2.24) is 0 Å². The summed E-state index contributed by atoms with van der Waals surface area (Å²) in [5.41, 5.74) is 4.73. The van der Waals surface area contributed by atoms with Crippen LogP contribution in [0.5, 0.6) is 11.5 Å². The maximum Gasteiger partial charge on any atom is 0.338 e. The molecule has 4 nitrogen and oxygen atoms in total. The lowest BCUT2D eigenvalue weighted by Gasteiger charge is -2.24. The summed E-state index contributed by atoms with van der Waals surface area (Å²) in [7, 11) is 0. The van der Waals surface area contributed by atoms with Crippen molar-refractivity contribution in [2.75, 3.05) is 0 Å². The highest BCUT2D eigenvalue weighted by molar-refractivity contribution is 6.01. The maximum atomic E-state index is 12.4. The maximum absolute atomic E-state index is 12.4. The van der Waals surface area contributed by atoms with Gasteiger partial charge in [-0.05, 0) is 32.8 Å². The third-order valence-electron chi connectivity index (χ3n) is 5.71. The minimum absolute atomic E-state index is 0.177. The van der Waals surface area contributed by atoms with E-state index in [-0.39, 0.29) is 17.8 Å². The van der Waals surface area contributed by atoms with Crippen LogP contribution in [0, 0.1) is 6.92 Å². The van der Waals surface area contributed by atoms with Crippen LogP contribution in [-0.2, 0) is 9.59 Å². The lowest BCUT2D eigenvalue weighted by molar-refractivity contribution is -0.132. The van der Waals surface area contributed by atoms with Crippen molar-refractivity contribution in [3.8, 4) is 11.5 Å². The monoisotopic (exact) mass is 376 g/mol. The molecule has 4 heteroatoms. The predicted octanol–water partition coefficient (Wildman–Crippen LogP) is 5.48. The van der Waals surface area contributed by atoms with E-state index in [1.165, 1.54) is 12.5 Å². The van der Waals surface area contributed by atoms with E-state index in [4.69, 9.17) is 9.47 Å². The van der Waals surface area contributed by atoms with Gasteiger partial charge in [0.25, 0.3) is 0 Å². The van der Waals surface area contributed by atoms with Gasteiger partial charge in [-0.2, -0.15) is 0 Å². The van der Waals surface area contributed by atoms with Crippen LogP contribution in [0.15, 0.2) is 42.0 Å². The lowest BCUT2D eigenvalue weighted by atomic mass is 9.85. The number of aryl methyl sites for hydroxylation is 1. The molecule has 0 saturated heterocycles. The largest absolute Gasteiger partial charge is 0.426 e. The number of carbonyl (C=O) groups excluding carboxylic acids is 2. The summed E-state index contributed by atoms with van der Waals surface area (Å²) in [5, 5.41) is 1.59. The molecule has 2 unspecified atom stereocenters. The van der Waals surface area contributed by atoms with E-state index in [9.17, 15) is 9.59 Å². The molecule has 2 bridgehead atoms. The van der Waals surface area contributed by atoms with Gasteiger partial charge >= 0.3 is 11.9 Å². The zero-order valence-electron chi connectivity index (χ0n) is 16.7. The first kappa shape index (κ1) is 18.5. The quantitative estimate of drug-likeness (QED) is 0.307. The molecule has 0 spiro atoms. The van der Waals surface area contributed by atoms with Gasteiger partial charge in [-0.25, -0.2) is 4.79 Å². The van der Waals surface area contributed by atoms with Crippen LogP contribution in [0.2, 0.25) is 0 Å². The number of esters is 2. The Balaban J connectivity index is 2.06. The fourth-order valence-corrected chi connectivity index (χ4v) is 4.55. The molecule has 0 radical (unpaired) electrons. The second kappa shape index (κ2) is 6.62. The molecule has 0 fully saturated rings. The Kier molecular flexibility index (Phi) is 4.37. The average Bonchev–Trinajstić information content (AvgIpc) is 3.22. The van der Waals surface area contributed by atoms with E-state index < -0.39 is 5.97 Å². The molecule has 2 aromatic rings. The van der Waals surface area contributed by atoms with Crippen LogP contribution < -0.4 is 9.47 Å². The summed E-state index contributed by atoms with van der Waals surface area (Å²) >= 11 is 0. The smallest absolute Gasteiger partial charge is 0.338 e. The van der Waals surface area contributed by atoms with Crippen LogP contribution in [0.25, 0.3) is 10.8 Å². The van der Waals surface area contributed by atoms with E-state index in [1.807, 2.05) is 25.1 Å². The first-order valence-corrected chi connectivity index (χ1v) is 9.68. The second-order valence-electron chi connectivity index (χ2n) is 7.79. The van der Waals surface area contributed by atoms with E-state index in [2.05, 4.69) is 19.6 Å². The van der Waals surface area contributed by atoms with Gasteiger partial charge in [-0.3, -0.25) is 4.79 Å². The molecule has 2 aliphatic carbocycles. The molecular formula is C24H24O4. The van der Waals surface area contributed by atoms with Gasteiger partial charge in [-0.15, -0.1) is 0 Å². The van der Waals surface area contributed by atoms with E-state index in [0.29, 0.717) is 17.1 Å². The fraction of sp³-hybridized carbons (Fsp3) is 0.333. The molecule has 0 aliphatic heterocycles. The normalized spacial score (nSPS) is 19.4. The van der Waals surface area contributed by atoms with Crippen molar-refractivity contribution in [3.05, 3.63) is 58.7 Å². The van der Waals surface area contributed by atoms with Crippen LogP contribution in [0.4, 0.5) is 0 Å². The number of allylic oxidation sites excluding steroid dienone is 2. The number of benzene rings is 2. The third kappa shape index (κ3) is 2.75. The Morgan fingerprint density at radius 2 is 1.82 bits per heavy atom. The summed E-state index contributed by atoms with van der Waals surface area (Å²) in [5.74, 6) is 0.776. The Hall–Kier alpha value is -2.88. The van der Waals surface area contributed by atoms with E-state index in [1.54, 1.807) is 6.92 Å². The van der Waals surface area contributed by atoms with E-state index >= 15 is 0 Å². The molecule has 2 aromatic carbocycles. The Morgan fingerprint density at radius 3 is 2.46 bits per heavy atom. The number of ether oxygens (including phenoxy) is 2. The summed E-state index contributed by atoms with van der Waals surface area (Å²) in [6, 6.07) is 5.91. The topological polar surface area (TPSA) is 52.6 Å². The number of rotatable bonds is 4. The molecule has 28 heavy (non-hydrogen) atoms. The van der Waals surface area contributed by atoms with Crippen molar-refractivity contribution >= 4 is 22.7 Å². The van der Waals surface area contributed by atoms with E-state index in [0.717, 1.165) is 40.3 Å². The molecule has 144 valence electrons. The molecule has 2 aliphatic rings. The molecule has 0 amide bonds. The SMILES string of the molecule is C=C(C)C(=O)Oc1c2c(c(OC(C)=O)c3cc(C)ccc13)C1C=C(CC)C2C1. The van der Waals surface area contributed by atoms with Gasteiger partial charge in [0.2, 0.25) is 0 Å². The zero-order chi connectivity index (χ0) is 20.2. The highest BCUT2D eigenvalue weighted by atomic mass is 16.5. The molecule has 0 aromatic heterocycles. The number of hydrogen-bond donors (Lipinski definition) is 0. The zero-order valence-corrected chi connectivity index (χ0v) is 16.7. The first-order valence-electron chi connectivity index (χ1n) is 9.68. The fourth-order valence-electron chi connectivity index (χ4n) is 4.55. The predicted molar refractivity (Wildman–Crippen MR) is 109 cm³/mol. The van der Waals surface area contributed by atoms with Crippen molar-refractivity contribution in [2.24, 2.45) is 0 Å². The Bertz CT molecular complexity index is 1070. The second-order valence-corrected chi connectivity index (χ2v) is 7.79. The number of hydrogen-bond acceptors (Lipinski definition) is 4. The third-order valence-corrected chi connectivity index (χ3v) is 5.71. The Labute approximate surface area is 164 Å². The van der Waals surface area contributed by atoms with Gasteiger partial charge in [-0.1, -0.05) is 42.8 Å². The van der Waals surface area contributed by atoms with Gasteiger partial charge in [0.05, 0.1) is 0 Å². The summed E-state index contributed by atoms with van der Waals surface area (Å²) in [4.78, 5) is 24.3. The van der Waals surface area contributed by atoms with Gasteiger partial charge < -0.3 is 9.47 Å². The molecular weight excluding hydrogens is 352 g/mol. The minimum atomic E-state index is -0.436. The summed E-state index contributed by atoms with van der Waals surface area (Å²) in [6.45, 7) is 10.9. The van der Waals surface area contributed by atoms with Crippen molar-refractivity contribution in [1.29, 1.82) is 0 Å².